The van der Waals surface area contributed by atoms with Crippen molar-refractivity contribution in [3.8, 4) is 11.3 Å². The third kappa shape index (κ3) is 2.79. The summed E-state index contributed by atoms with van der Waals surface area (Å²) in [5.74, 6) is 0. The summed E-state index contributed by atoms with van der Waals surface area (Å²) >= 11 is 1.57. The van der Waals surface area contributed by atoms with E-state index in [0.29, 0.717) is 12.1 Å². The van der Waals surface area contributed by atoms with Gasteiger partial charge in [-0.15, -0.1) is 11.3 Å². The summed E-state index contributed by atoms with van der Waals surface area (Å²) in [6, 6.07) is 11.9. The molecule has 3 rings (SSSR count). The van der Waals surface area contributed by atoms with E-state index in [4.69, 9.17) is 0 Å². The molecule has 0 fully saturated rings. The van der Waals surface area contributed by atoms with Crippen LogP contribution in [-0.2, 0) is 13.5 Å². The lowest BCUT2D eigenvalue weighted by atomic mass is 10.2. The second-order valence-corrected chi connectivity index (χ2v) is 5.57. The molecule has 0 aliphatic rings. The number of aliphatic hydroxyl groups excluding tert-OH is 1. The second-order valence-electron chi connectivity index (χ2n) is 4.63. The van der Waals surface area contributed by atoms with E-state index in [0.717, 1.165) is 16.3 Å². The fraction of sp³-hybridized carbons (Fsp3) is 0.200. The van der Waals surface area contributed by atoms with Gasteiger partial charge in [0.1, 0.15) is 6.10 Å². The number of benzene rings is 1. The van der Waals surface area contributed by atoms with Gasteiger partial charge in [0, 0.05) is 30.6 Å². The first-order valence-electron chi connectivity index (χ1n) is 6.40. The summed E-state index contributed by atoms with van der Waals surface area (Å²) < 4.78 is 1.69. The van der Waals surface area contributed by atoms with Gasteiger partial charge in [0.25, 0.3) is 0 Å². The molecule has 0 bridgehead atoms. The maximum atomic E-state index is 10.2. The van der Waals surface area contributed by atoms with Gasteiger partial charge in [-0.25, -0.2) is 4.98 Å². The van der Waals surface area contributed by atoms with Gasteiger partial charge in [0.2, 0.25) is 0 Å². The van der Waals surface area contributed by atoms with Gasteiger partial charge in [-0.3, -0.25) is 4.68 Å². The molecule has 1 N–H and O–H groups in total. The van der Waals surface area contributed by atoms with Gasteiger partial charge in [-0.1, -0.05) is 30.3 Å². The molecule has 0 saturated carbocycles. The van der Waals surface area contributed by atoms with Crippen LogP contribution >= 0.6 is 11.3 Å². The SMILES string of the molecule is Cn1ccc(C(O)Cc2nc(-c3ccccc3)cs2)n1. The Labute approximate surface area is 121 Å². The summed E-state index contributed by atoms with van der Waals surface area (Å²) in [6.45, 7) is 0. The Hall–Kier alpha value is -1.98. The van der Waals surface area contributed by atoms with Crippen molar-refractivity contribution in [1.82, 2.24) is 14.8 Å². The molecule has 102 valence electrons. The highest BCUT2D eigenvalue weighted by atomic mass is 32.1. The van der Waals surface area contributed by atoms with Crippen LogP contribution in [0.3, 0.4) is 0 Å². The summed E-state index contributed by atoms with van der Waals surface area (Å²) in [7, 11) is 1.84. The van der Waals surface area contributed by atoms with Crippen molar-refractivity contribution in [1.29, 1.82) is 0 Å². The van der Waals surface area contributed by atoms with E-state index in [-0.39, 0.29) is 0 Å². The normalized spacial score (nSPS) is 12.5. The van der Waals surface area contributed by atoms with Crippen LogP contribution in [0.1, 0.15) is 16.8 Å². The molecule has 0 aliphatic heterocycles. The first-order valence-corrected chi connectivity index (χ1v) is 7.28. The van der Waals surface area contributed by atoms with Crippen molar-refractivity contribution < 1.29 is 5.11 Å². The zero-order chi connectivity index (χ0) is 13.9. The third-order valence-electron chi connectivity index (χ3n) is 3.06. The average Bonchev–Trinajstić information content (AvgIpc) is 3.09. The predicted molar refractivity (Wildman–Crippen MR) is 79.4 cm³/mol. The van der Waals surface area contributed by atoms with Gasteiger partial charge < -0.3 is 5.11 Å². The average molecular weight is 285 g/mol. The fourth-order valence-electron chi connectivity index (χ4n) is 2.03. The minimum atomic E-state index is -0.606. The van der Waals surface area contributed by atoms with Gasteiger partial charge in [0.15, 0.2) is 0 Å². The molecule has 0 radical (unpaired) electrons. The lowest BCUT2D eigenvalue weighted by molar-refractivity contribution is 0.172. The molecule has 1 unspecified atom stereocenters. The lowest BCUT2D eigenvalue weighted by Gasteiger charge is -2.04. The molecule has 1 aromatic carbocycles. The molecule has 0 saturated heterocycles. The number of rotatable bonds is 4. The van der Waals surface area contributed by atoms with Crippen molar-refractivity contribution in [2.45, 2.75) is 12.5 Å². The molecular formula is C15H15N3OS. The Morgan fingerprint density at radius 1 is 1.25 bits per heavy atom. The number of nitrogens with zero attached hydrogens (tertiary/aromatic N) is 3. The minimum absolute atomic E-state index is 0.495. The number of thiazole rings is 1. The van der Waals surface area contributed by atoms with E-state index < -0.39 is 6.10 Å². The van der Waals surface area contributed by atoms with Gasteiger partial charge in [0.05, 0.1) is 16.4 Å². The number of hydrogen-bond acceptors (Lipinski definition) is 4. The number of aromatic nitrogens is 3. The van der Waals surface area contributed by atoms with Crippen LogP contribution in [0, 0.1) is 0 Å². The van der Waals surface area contributed by atoms with Crippen LogP contribution in [-0.4, -0.2) is 19.9 Å². The van der Waals surface area contributed by atoms with Crippen LogP contribution in [0.4, 0.5) is 0 Å². The standard InChI is InChI=1S/C15H15N3OS/c1-18-8-7-12(17-18)14(19)9-15-16-13(10-20-15)11-5-3-2-4-6-11/h2-8,10,14,19H,9H2,1H3. The van der Waals surface area contributed by atoms with Crippen LogP contribution in [0.5, 0.6) is 0 Å². The highest BCUT2D eigenvalue weighted by molar-refractivity contribution is 7.09. The molecule has 20 heavy (non-hydrogen) atoms. The maximum absolute atomic E-state index is 10.2. The molecule has 0 spiro atoms. The third-order valence-corrected chi connectivity index (χ3v) is 3.94. The number of aryl methyl sites for hydroxylation is 1. The number of hydrogen-bond donors (Lipinski definition) is 1. The van der Waals surface area contributed by atoms with Crippen LogP contribution in [0.15, 0.2) is 48.0 Å². The maximum Gasteiger partial charge on any atom is 0.104 e. The van der Waals surface area contributed by atoms with E-state index in [1.54, 1.807) is 16.0 Å². The van der Waals surface area contributed by atoms with E-state index in [2.05, 4.69) is 10.1 Å². The van der Waals surface area contributed by atoms with Gasteiger partial charge >= 0.3 is 0 Å². The van der Waals surface area contributed by atoms with E-state index in [1.807, 2.05) is 55.0 Å². The molecule has 4 nitrogen and oxygen atoms in total. The van der Waals surface area contributed by atoms with Crippen LogP contribution in [0.2, 0.25) is 0 Å². The first-order chi connectivity index (χ1) is 9.72. The second kappa shape index (κ2) is 5.56. The number of aliphatic hydroxyl groups is 1. The van der Waals surface area contributed by atoms with Crippen molar-refractivity contribution in [2.24, 2.45) is 7.05 Å². The van der Waals surface area contributed by atoms with Crippen molar-refractivity contribution in [3.63, 3.8) is 0 Å². The van der Waals surface area contributed by atoms with E-state index >= 15 is 0 Å². The van der Waals surface area contributed by atoms with Crippen molar-refractivity contribution >= 4 is 11.3 Å². The quantitative estimate of drug-likeness (QED) is 0.802. The van der Waals surface area contributed by atoms with E-state index in [9.17, 15) is 5.11 Å². The Morgan fingerprint density at radius 2 is 2.05 bits per heavy atom. The molecule has 5 heteroatoms. The lowest BCUT2D eigenvalue weighted by Crippen LogP contribution is -2.03. The molecule has 2 heterocycles. The monoisotopic (exact) mass is 285 g/mol. The minimum Gasteiger partial charge on any atom is -0.386 e. The molecule has 0 amide bonds. The summed E-state index contributed by atoms with van der Waals surface area (Å²) in [4.78, 5) is 4.58. The first kappa shape index (κ1) is 13.0. The smallest absolute Gasteiger partial charge is 0.104 e. The Kier molecular flexibility index (Phi) is 3.62. The topological polar surface area (TPSA) is 50.9 Å². The Bertz CT molecular complexity index is 690. The van der Waals surface area contributed by atoms with Crippen LogP contribution < -0.4 is 0 Å². The Balaban J connectivity index is 1.74. The molecule has 3 aromatic rings. The summed E-state index contributed by atoms with van der Waals surface area (Å²) in [6.07, 6.45) is 1.72. The summed E-state index contributed by atoms with van der Waals surface area (Å²) in [5.41, 5.74) is 2.74. The van der Waals surface area contributed by atoms with Crippen molar-refractivity contribution in [2.75, 3.05) is 0 Å². The van der Waals surface area contributed by atoms with Crippen molar-refractivity contribution in [3.05, 3.63) is 58.7 Å². The molecule has 0 aliphatic carbocycles. The zero-order valence-corrected chi connectivity index (χ0v) is 11.9. The van der Waals surface area contributed by atoms with Crippen LogP contribution in [0.25, 0.3) is 11.3 Å². The molecule has 2 aromatic heterocycles. The zero-order valence-electron chi connectivity index (χ0n) is 11.1. The molecular weight excluding hydrogens is 270 g/mol. The molecule has 1 atom stereocenters. The van der Waals surface area contributed by atoms with Gasteiger partial charge in [-0.05, 0) is 6.07 Å². The fourth-order valence-corrected chi connectivity index (χ4v) is 2.87. The van der Waals surface area contributed by atoms with Gasteiger partial charge in [-0.2, -0.15) is 5.10 Å². The predicted octanol–water partition coefficient (Wildman–Crippen LogP) is 2.82. The largest absolute Gasteiger partial charge is 0.386 e. The highest BCUT2D eigenvalue weighted by Crippen LogP contribution is 2.24. The van der Waals surface area contributed by atoms with E-state index in [1.165, 1.54) is 0 Å². The highest BCUT2D eigenvalue weighted by Gasteiger charge is 2.14. The Morgan fingerprint density at radius 3 is 2.75 bits per heavy atom. The summed E-state index contributed by atoms with van der Waals surface area (Å²) in [5, 5.41) is 17.3.